The molecule has 15 heteroatoms. The SMILES string of the molecule is Nc1c(Cl)c(Cl)c([C](c2c(Cl)c(Cl)c(Cl)c(Cl)c2Cl)c2c(Cl)c(Cl)c(Cl)c(Cl)c2Cl)c(Cl)c1Cl. The van der Waals surface area contributed by atoms with E-state index in [0.29, 0.717) is 0 Å². The van der Waals surface area contributed by atoms with Crippen molar-refractivity contribution in [2.45, 2.75) is 0 Å². The van der Waals surface area contributed by atoms with E-state index in [0.717, 1.165) is 0 Å². The zero-order valence-corrected chi connectivity index (χ0v) is 26.0. The van der Waals surface area contributed by atoms with E-state index >= 15 is 0 Å². The third-order valence-electron chi connectivity index (χ3n) is 4.47. The number of halogens is 14. The minimum absolute atomic E-state index is 0.0373. The van der Waals surface area contributed by atoms with Crippen LogP contribution in [0.5, 0.6) is 0 Å². The van der Waals surface area contributed by atoms with Crippen molar-refractivity contribution in [1.82, 2.24) is 0 Å². The largest absolute Gasteiger partial charge is 0.396 e. The average Bonchev–Trinajstić information content (AvgIpc) is 2.81. The van der Waals surface area contributed by atoms with Crippen LogP contribution in [0.15, 0.2) is 0 Å². The summed E-state index contributed by atoms with van der Waals surface area (Å²) in [7, 11) is 0. The summed E-state index contributed by atoms with van der Waals surface area (Å²) in [5.41, 5.74) is 5.71. The van der Waals surface area contributed by atoms with Crippen molar-refractivity contribution in [1.29, 1.82) is 0 Å². The monoisotopic (exact) mass is 734 g/mol. The topological polar surface area (TPSA) is 26.0 Å². The summed E-state index contributed by atoms with van der Waals surface area (Å²) in [6.45, 7) is 0. The van der Waals surface area contributed by atoms with Gasteiger partial charge in [-0.25, -0.2) is 0 Å². The van der Waals surface area contributed by atoms with Gasteiger partial charge in [-0.1, -0.05) is 162 Å². The molecule has 0 amide bonds. The number of hydrogen-bond donors (Lipinski definition) is 1. The number of hydrogen-bond acceptors (Lipinski definition) is 1. The zero-order valence-electron chi connectivity index (χ0n) is 15.4. The molecule has 3 aromatic rings. The maximum Gasteiger partial charge on any atom is 0.0841 e. The predicted molar refractivity (Wildman–Crippen MR) is 154 cm³/mol. The second kappa shape index (κ2) is 11.3. The molecule has 0 spiro atoms. The predicted octanol–water partition coefficient (Wildman–Crippen LogP) is 13.4. The number of nitrogen functional groups attached to an aromatic ring is 1. The Hall–Kier alpha value is 1.52. The first-order valence-corrected chi connectivity index (χ1v) is 13.5. The number of anilines is 1. The highest BCUT2D eigenvalue weighted by atomic mass is 35.5. The van der Waals surface area contributed by atoms with Gasteiger partial charge < -0.3 is 5.73 Å². The molecule has 0 bridgehead atoms. The van der Waals surface area contributed by atoms with Gasteiger partial charge in [-0.2, -0.15) is 0 Å². The minimum Gasteiger partial charge on any atom is -0.396 e. The molecule has 0 heterocycles. The lowest BCUT2D eigenvalue weighted by atomic mass is 9.84. The van der Waals surface area contributed by atoms with Crippen molar-refractivity contribution in [3.8, 4) is 0 Å². The van der Waals surface area contributed by atoms with E-state index in [1.54, 1.807) is 0 Å². The first-order chi connectivity index (χ1) is 15.7. The second-order valence-corrected chi connectivity index (χ2v) is 11.6. The zero-order chi connectivity index (χ0) is 26.0. The van der Waals surface area contributed by atoms with Crippen LogP contribution in [0, 0.1) is 5.92 Å². The van der Waals surface area contributed by atoms with Gasteiger partial charge in [0.15, 0.2) is 0 Å². The summed E-state index contributed by atoms with van der Waals surface area (Å²) in [5, 5.41) is -2.08. The second-order valence-electron chi connectivity index (χ2n) is 6.31. The van der Waals surface area contributed by atoms with Gasteiger partial charge >= 0.3 is 0 Å². The molecule has 0 aliphatic carbocycles. The number of nitrogens with two attached hydrogens (primary N) is 1. The number of benzene rings is 3. The molecule has 1 radical (unpaired) electrons. The standard InChI is InChI=1S/C19H2Cl14N/c20-5-2(6(21)12(27)15(30)11(5)26)1(3-7(22)13(28)16(31)14(29)8(3)23)4-9(24)17(32)19(34)18(33)10(4)25/h34H2. The molecule has 3 aromatic carbocycles. The van der Waals surface area contributed by atoms with Gasteiger partial charge in [-0.3, -0.25) is 0 Å². The summed E-state index contributed by atoms with van der Waals surface area (Å²) in [6, 6.07) is 0. The molecular formula is C19H2Cl14N. The molecule has 0 atom stereocenters. The summed E-state index contributed by atoms with van der Waals surface area (Å²) in [5.74, 6) is -0.0373. The Morgan fingerprint density at radius 1 is 0.294 bits per heavy atom. The molecule has 181 valence electrons. The van der Waals surface area contributed by atoms with E-state index in [1.807, 2.05) is 0 Å². The third-order valence-corrected chi connectivity index (χ3v) is 10.8. The van der Waals surface area contributed by atoms with Crippen molar-refractivity contribution in [2.75, 3.05) is 5.73 Å². The smallest absolute Gasteiger partial charge is 0.0841 e. The third kappa shape index (κ3) is 4.85. The van der Waals surface area contributed by atoms with E-state index < -0.39 is 0 Å². The van der Waals surface area contributed by atoms with Gasteiger partial charge in [0.25, 0.3) is 0 Å². The first kappa shape index (κ1) is 30.1. The molecular weight excluding hydrogens is 739 g/mol. The van der Waals surface area contributed by atoms with Crippen LogP contribution in [-0.4, -0.2) is 0 Å². The molecule has 1 nitrogen and oxygen atoms in total. The van der Waals surface area contributed by atoms with E-state index in [9.17, 15) is 0 Å². The maximum absolute atomic E-state index is 6.57. The molecule has 3 rings (SSSR count). The fourth-order valence-electron chi connectivity index (χ4n) is 2.89. The lowest BCUT2D eigenvalue weighted by Gasteiger charge is -2.27. The highest BCUT2D eigenvalue weighted by Gasteiger charge is 2.37. The van der Waals surface area contributed by atoms with Crippen LogP contribution in [-0.2, 0) is 0 Å². The van der Waals surface area contributed by atoms with Gasteiger partial charge in [0.2, 0.25) is 0 Å². The van der Waals surface area contributed by atoms with Gasteiger partial charge in [0, 0.05) is 16.7 Å². The first-order valence-electron chi connectivity index (χ1n) is 8.18. The summed E-state index contributed by atoms with van der Waals surface area (Å²) >= 11 is 89.6. The van der Waals surface area contributed by atoms with Crippen LogP contribution in [0.1, 0.15) is 16.7 Å². The van der Waals surface area contributed by atoms with Crippen LogP contribution in [0.4, 0.5) is 5.69 Å². The van der Waals surface area contributed by atoms with Crippen molar-refractivity contribution >= 4 is 168 Å². The van der Waals surface area contributed by atoms with Gasteiger partial charge in [-0.15, -0.1) is 0 Å². The molecule has 0 aromatic heterocycles. The van der Waals surface area contributed by atoms with Crippen LogP contribution < -0.4 is 5.73 Å². The molecule has 34 heavy (non-hydrogen) atoms. The summed E-state index contributed by atoms with van der Waals surface area (Å²) in [4.78, 5) is 0. The Balaban J connectivity index is 2.68. The quantitative estimate of drug-likeness (QED) is 0.123. The normalized spacial score (nSPS) is 11.6. The Morgan fingerprint density at radius 2 is 0.471 bits per heavy atom. The van der Waals surface area contributed by atoms with E-state index in [2.05, 4.69) is 0 Å². The van der Waals surface area contributed by atoms with Gasteiger partial charge in [0.05, 0.1) is 81.9 Å². The number of rotatable bonds is 3. The summed E-state index contributed by atoms with van der Waals surface area (Å²) < 4.78 is 0. The summed E-state index contributed by atoms with van der Waals surface area (Å²) in [6.07, 6.45) is 0. The van der Waals surface area contributed by atoms with Gasteiger partial charge in [-0.05, 0) is 0 Å². The molecule has 0 saturated carbocycles. The molecule has 0 aliphatic heterocycles. The van der Waals surface area contributed by atoms with Crippen LogP contribution in [0.2, 0.25) is 70.3 Å². The maximum atomic E-state index is 6.57. The molecule has 0 saturated heterocycles. The fraction of sp³-hybridized carbons (Fsp3) is 0. The Labute approximate surface area is 263 Å². The van der Waals surface area contributed by atoms with Crippen LogP contribution in [0.3, 0.4) is 0 Å². The highest BCUT2D eigenvalue weighted by Crippen LogP contribution is 2.57. The Kier molecular flexibility index (Phi) is 10.0. The van der Waals surface area contributed by atoms with Crippen molar-refractivity contribution in [3.05, 3.63) is 92.9 Å². The lowest BCUT2D eigenvalue weighted by Crippen LogP contribution is -2.12. The molecule has 0 aliphatic rings. The fourth-order valence-corrected chi connectivity index (χ4v) is 6.60. The van der Waals surface area contributed by atoms with Crippen molar-refractivity contribution in [3.63, 3.8) is 0 Å². The van der Waals surface area contributed by atoms with E-state index in [-0.39, 0.29) is 98.6 Å². The van der Waals surface area contributed by atoms with Crippen molar-refractivity contribution in [2.24, 2.45) is 0 Å². The van der Waals surface area contributed by atoms with Crippen LogP contribution >= 0.6 is 162 Å². The van der Waals surface area contributed by atoms with E-state index in [4.69, 9.17) is 168 Å². The Bertz CT molecular complexity index is 1110. The average molecular weight is 741 g/mol. The lowest BCUT2D eigenvalue weighted by molar-refractivity contribution is 1.23. The highest BCUT2D eigenvalue weighted by molar-refractivity contribution is 6.58. The van der Waals surface area contributed by atoms with Crippen molar-refractivity contribution < 1.29 is 0 Å². The molecule has 0 fully saturated rings. The Morgan fingerprint density at radius 3 is 0.706 bits per heavy atom. The minimum atomic E-state index is -0.165. The molecule has 0 unspecified atom stereocenters. The molecule has 2 N–H and O–H groups in total. The van der Waals surface area contributed by atoms with Gasteiger partial charge in [0.1, 0.15) is 0 Å². The van der Waals surface area contributed by atoms with E-state index in [1.165, 1.54) is 0 Å². The van der Waals surface area contributed by atoms with Crippen LogP contribution in [0.25, 0.3) is 0 Å².